The quantitative estimate of drug-likeness (QED) is 0.133. The van der Waals surface area contributed by atoms with Gasteiger partial charge in [0.2, 0.25) is 0 Å². The highest BCUT2D eigenvalue weighted by atomic mass is 32.2. The van der Waals surface area contributed by atoms with Crippen LogP contribution in [-0.4, -0.2) is 21.9 Å². The number of halogens is 1. The molecule has 0 radical (unpaired) electrons. The lowest BCUT2D eigenvalue weighted by Crippen LogP contribution is -2.23. The van der Waals surface area contributed by atoms with Crippen molar-refractivity contribution in [2.75, 3.05) is 12.4 Å². The van der Waals surface area contributed by atoms with Gasteiger partial charge in [-0.2, -0.15) is 0 Å². The van der Waals surface area contributed by atoms with Gasteiger partial charge >= 0.3 is 0 Å². The third kappa shape index (κ3) is 5.31. The molecule has 2 aromatic heterocycles. The van der Waals surface area contributed by atoms with E-state index in [9.17, 15) is 9.18 Å². The van der Waals surface area contributed by atoms with Crippen molar-refractivity contribution >= 4 is 33.3 Å². The molecule has 2 heterocycles. The lowest BCUT2D eigenvalue weighted by Gasteiger charge is -2.12. The summed E-state index contributed by atoms with van der Waals surface area (Å²) in [6.45, 7) is 2.78. The van der Waals surface area contributed by atoms with Crippen LogP contribution in [0, 0.1) is 12.7 Å². The van der Waals surface area contributed by atoms with Gasteiger partial charge in [-0.3, -0.25) is 9.36 Å². The molecule has 5 rings (SSSR count). The van der Waals surface area contributed by atoms with Crippen LogP contribution >= 0.6 is 23.1 Å². The second kappa shape index (κ2) is 10.5. The molecule has 0 saturated heterocycles. The molecule has 0 unspecified atom stereocenters. The van der Waals surface area contributed by atoms with Crippen molar-refractivity contribution in [3.63, 3.8) is 0 Å². The Morgan fingerprint density at radius 1 is 1.00 bits per heavy atom. The number of hydrogen-bond donors (Lipinski definition) is 0. The number of thioether (sulfide) groups is 1. The summed E-state index contributed by atoms with van der Waals surface area (Å²) in [5.41, 5.74) is 3.92. The molecule has 5 aromatic rings. The van der Waals surface area contributed by atoms with Crippen molar-refractivity contribution in [1.29, 1.82) is 0 Å². The Bertz CT molecular complexity index is 1510. The number of hydrogen-bond acceptors (Lipinski definition) is 5. The Balaban J connectivity index is 1.46. The molecule has 0 N–H and O–H groups in total. The van der Waals surface area contributed by atoms with Gasteiger partial charge in [0, 0.05) is 10.6 Å². The van der Waals surface area contributed by atoms with Crippen LogP contribution in [0.25, 0.3) is 20.7 Å². The normalized spacial score (nSPS) is 11.1. The number of benzene rings is 3. The average Bonchev–Trinajstić information content (AvgIpc) is 3.30. The van der Waals surface area contributed by atoms with Crippen molar-refractivity contribution in [1.82, 2.24) is 9.55 Å². The fourth-order valence-corrected chi connectivity index (χ4v) is 5.58. The first kappa shape index (κ1) is 23.3. The van der Waals surface area contributed by atoms with Crippen LogP contribution in [0.4, 0.5) is 4.39 Å². The minimum absolute atomic E-state index is 0.0558. The summed E-state index contributed by atoms with van der Waals surface area (Å²) >= 11 is 2.91. The summed E-state index contributed by atoms with van der Waals surface area (Å²) in [6.07, 6.45) is 0. The zero-order chi connectivity index (χ0) is 24.2. The third-order valence-corrected chi connectivity index (χ3v) is 7.63. The molecule has 3 aromatic carbocycles. The van der Waals surface area contributed by atoms with Crippen molar-refractivity contribution in [3.05, 3.63) is 112 Å². The van der Waals surface area contributed by atoms with E-state index in [1.54, 1.807) is 22.8 Å². The first-order valence-corrected chi connectivity index (χ1v) is 13.0. The fourth-order valence-electron chi connectivity index (χ4n) is 3.71. The van der Waals surface area contributed by atoms with Crippen LogP contribution in [0.1, 0.15) is 11.1 Å². The van der Waals surface area contributed by atoms with E-state index in [-0.39, 0.29) is 17.1 Å². The molecule has 0 amide bonds. The Hall–Kier alpha value is -3.42. The first-order valence-electron chi connectivity index (χ1n) is 11.2. The number of fused-ring (bicyclic) bond motifs is 1. The minimum Gasteiger partial charge on any atom is -0.490 e. The molecule has 176 valence electrons. The molecule has 0 aliphatic rings. The zero-order valence-electron chi connectivity index (χ0n) is 19.1. The summed E-state index contributed by atoms with van der Waals surface area (Å²) in [6, 6.07) is 26.5. The van der Waals surface area contributed by atoms with E-state index in [1.165, 1.54) is 34.7 Å². The standard InChI is InChI=1S/C28H23FN2O2S2/c1-19-11-13-21(14-12-19)25-17-23-26(35-25)27(32)31(18-20-7-3-2-4-8-20)28(30-23)34-16-15-33-24-10-6-5-9-22(24)29/h2-14,17H,15-16,18H2,1H3. The van der Waals surface area contributed by atoms with Gasteiger partial charge in [-0.05, 0) is 36.2 Å². The van der Waals surface area contributed by atoms with Crippen LogP contribution < -0.4 is 10.3 Å². The van der Waals surface area contributed by atoms with Crippen molar-refractivity contribution in [3.8, 4) is 16.2 Å². The predicted molar refractivity (Wildman–Crippen MR) is 142 cm³/mol. The number of nitrogens with zero attached hydrogens (tertiary/aromatic N) is 2. The molecule has 0 fully saturated rings. The largest absolute Gasteiger partial charge is 0.490 e. The molecular weight excluding hydrogens is 479 g/mol. The molecule has 0 bridgehead atoms. The van der Waals surface area contributed by atoms with Gasteiger partial charge in [0.1, 0.15) is 4.70 Å². The lowest BCUT2D eigenvalue weighted by molar-refractivity contribution is 0.324. The monoisotopic (exact) mass is 502 g/mol. The van der Waals surface area contributed by atoms with E-state index in [2.05, 4.69) is 31.2 Å². The number of rotatable bonds is 8. The van der Waals surface area contributed by atoms with Gasteiger partial charge in [-0.25, -0.2) is 9.37 Å². The van der Waals surface area contributed by atoms with Crippen LogP contribution in [0.5, 0.6) is 5.75 Å². The summed E-state index contributed by atoms with van der Waals surface area (Å²) in [7, 11) is 0. The first-order chi connectivity index (χ1) is 17.1. The van der Waals surface area contributed by atoms with E-state index in [1.807, 2.05) is 36.4 Å². The van der Waals surface area contributed by atoms with Crippen LogP contribution in [0.2, 0.25) is 0 Å². The van der Waals surface area contributed by atoms with Crippen LogP contribution in [-0.2, 0) is 6.54 Å². The topological polar surface area (TPSA) is 44.1 Å². The van der Waals surface area contributed by atoms with Gasteiger partial charge in [0.15, 0.2) is 16.7 Å². The highest BCUT2D eigenvalue weighted by Crippen LogP contribution is 2.32. The average molecular weight is 503 g/mol. The Kier molecular flexibility index (Phi) is 6.97. The van der Waals surface area contributed by atoms with E-state index in [0.717, 1.165) is 16.0 Å². The molecule has 0 aliphatic carbocycles. The van der Waals surface area contributed by atoms with Gasteiger partial charge < -0.3 is 4.74 Å². The molecular formula is C28H23FN2O2S2. The SMILES string of the molecule is Cc1ccc(-c2cc3nc(SCCOc4ccccc4F)n(Cc4ccccc4)c(=O)c3s2)cc1. The molecule has 0 atom stereocenters. The van der Waals surface area contributed by atoms with Crippen molar-refractivity contribution in [2.24, 2.45) is 0 Å². The van der Waals surface area contributed by atoms with Gasteiger partial charge in [0.05, 0.1) is 18.7 Å². The molecule has 35 heavy (non-hydrogen) atoms. The second-order valence-corrected chi connectivity index (χ2v) is 10.2. The Morgan fingerprint density at radius 2 is 1.74 bits per heavy atom. The van der Waals surface area contributed by atoms with Gasteiger partial charge in [-0.1, -0.05) is 84.1 Å². The number of para-hydroxylation sites is 1. The number of aryl methyl sites for hydroxylation is 1. The maximum atomic E-state index is 13.8. The summed E-state index contributed by atoms with van der Waals surface area (Å²) in [5, 5.41) is 0.622. The number of thiophene rings is 1. The predicted octanol–water partition coefficient (Wildman–Crippen LogP) is 6.79. The van der Waals surface area contributed by atoms with E-state index >= 15 is 0 Å². The number of ether oxygens (including phenoxy) is 1. The zero-order valence-corrected chi connectivity index (χ0v) is 20.7. The number of aromatic nitrogens is 2. The van der Waals surface area contributed by atoms with Gasteiger partial charge in [-0.15, -0.1) is 11.3 Å². The van der Waals surface area contributed by atoms with Crippen LogP contribution in [0.3, 0.4) is 0 Å². The van der Waals surface area contributed by atoms with E-state index in [0.29, 0.717) is 34.3 Å². The molecule has 0 aliphatic heterocycles. The molecule has 0 saturated carbocycles. The maximum Gasteiger partial charge on any atom is 0.272 e. The maximum absolute atomic E-state index is 13.8. The van der Waals surface area contributed by atoms with E-state index < -0.39 is 0 Å². The lowest BCUT2D eigenvalue weighted by atomic mass is 10.1. The Morgan fingerprint density at radius 3 is 2.51 bits per heavy atom. The van der Waals surface area contributed by atoms with E-state index in [4.69, 9.17) is 9.72 Å². The van der Waals surface area contributed by atoms with Gasteiger partial charge in [0.25, 0.3) is 5.56 Å². The molecule has 0 spiro atoms. The van der Waals surface area contributed by atoms with Crippen LogP contribution in [0.15, 0.2) is 94.9 Å². The summed E-state index contributed by atoms with van der Waals surface area (Å²) in [4.78, 5) is 19.5. The third-order valence-electron chi connectivity index (χ3n) is 5.53. The highest BCUT2D eigenvalue weighted by molar-refractivity contribution is 7.99. The summed E-state index contributed by atoms with van der Waals surface area (Å²) < 4.78 is 21.8. The Labute approximate surface area is 211 Å². The highest BCUT2D eigenvalue weighted by Gasteiger charge is 2.16. The minimum atomic E-state index is -0.389. The molecule has 4 nitrogen and oxygen atoms in total. The fraction of sp³-hybridized carbons (Fsp3) is 0.143. The summed E-state index contributed by atoms with van der Waals surface area (Å²) in [5.74, 6) is 0.356. The van der Waals surface area contributed by atoms with Crippen molar-refractivity contribution in [2.45, 2.75) is 18.6 Å². The smallest absolute Gasteiger partial charge is 0.272 e. The molecule has 7 heteroatoms. The second-order valence-electron chi connectivity index (χ2n) is 8.09. The van der Waals surface area contributed by atoms with Crippen molar-refractivity contribution < 1.29 is 9.13 Å².